The Kier molecular flexibility index (Phi) is 5.93. The molecule has 98 valence electrons. The van der Waals surface area contributed by atoms with Crippen molar-refractivity contribution in [2.45, 2.75) is 44.2 Å². The maximum Gasteiger partial charge on any atom is 0.332 e. The average Bonchev–Trinajstić information content (AvgIpc) is 2.84. The van der Waals surface area contributed by atoms with Crippen molar-refractivity contribution < 1.29 is 24.5 Å². The second-order valence-corrected chi connectivity index (χ2v) is 4.18. The molecular formula is C11H19NO5. The van der Waals surface area contributed by atoms with E-state index in [1.54, 1.807) is 0 Å². The molecule has 2 aliphatic rings. The Labute approximate surface area is 100.0 Å². The molecule has 2 heterocycles. The summed E-state index contributed by atoms with van der Waals surface area (Å²) < 4.78 is 4.94. The zero-order chi connectivity index (χ0) is 12.7. The largest absolute Gasteiger partial charge is 0.480 e. The summed E-state index contributed by atoms with van der Waals surface area (Å²) in [6, 6.07) is -0.269. The van der Waals surface area contributed by atoms with E-state index in [0.29, 0.717) is 13.0 Å². The molecule has 2 aliphatic heterocycles. The zero-order valence-electron chi connectivity index (χ0n) is 9.72. The van der Waals surface area contributed by atoms with E-state index in [1.807, 2.05) is 0 Å². The lowest BCUT2D eigenvalue weighted by molar-refractivity contribution is -0.153. The molecule has 3 N–H and O–H groups in total. The normalized spacial score (nSPS) is 28.0. The Morgan fingerprint density at radius 3 is 2.12 bits per heavy atom. The van der Waals surface area contributed by atoms with Gasteiger partial charge in [0, 0.05) is 6.61 Å². The Morgan fingerprint density at radius 2 is 1.82 bits per heavy atom. The van der Waals surface area contributed by atoms with Crippen molar-refractivity contribution in [1.82, 2.24) is 5.32 Å². The molecule has 2 rings (SSSR count). The summed E-state index contributed by atoms with van der Waals surface area (Å²) in [6.07, 6.45) is 3.92. The summed E-state index contributed by atoms with van der Waals surface area (Å²) >= 11 is 0. The molecule has 0 aromatic rings. The van der Waals surface area contributed by atoms with Crippen molar-refractivity contribution in [2.75, 3.05) is 13.2 Å². The van der Waals surface area contributed by atoms with Gasteiger partial charge in [-0.05, 0) is 38.6 Å². The number of ether oxygens (including phenoxy) is 1. The van der Waals surface area contributed by atoms with E-state index >= 15 is 0 Å². The van der Waals surface area contributed by atoms with Gasteiger partial charge in [-0.2, -0.15) is 0 Å². The first-order valence-electron chi connectivity index (χ1n) is 5.92. The first kappa shape index (κ1) is 13.9. The van der Waals surface area contributed by atoms with Gasteiger partial charge in [0.2, 0.25) is 0 Å². The minimum atomic E-state index is -0.824. The quantitative estimate of drug-likeness (QED) is 0.654. The first-order valence-corrected chi connectivity index (χ1v) is 5.92. The van der Waals surface area contributed by atoms with E-state index in [0.717, 1.165) is 32.2 Å². The van der Waals surface area contributed by atoms with Crippen molar-refractivity contribution in [1.29, 1.82) is 0 Å². The highest BCUT2D eigenvalue weighted by atomic mass is 16.5. The maximum atomic E-state index is 10.2. The Hall–Kier alpha value is -1.14. The summed E-state index contributed by atoms with van der Waals surface area (Å²) in [5, 5.41) is 19.6. The van der Waals surface area contributed by atoms with Crippen molar-refractivity contribution in [3.63, 3.8) is 0 Å². The molecule has 0 bridgehead atoms. The number of carboxylic acid groups (broad SMARTS) is 2. The van der Waals surface area contributed by atoms with Crippen LogP contribution in [0.25, 0.3) is 0 Å². The number of aliphatic carboxylic acids is 2. The highest BCUT2D eigenvalue weighted by molar-refractivity contribution is 5.73. The van der Waals surface area contributed by atoms with Crippen LogP contribution in [0.1, 0.15) is 32.1 Å². The van der Waals surface area contributed by atoms with Gasteiger partial charge < -0.3 is 20.3 Å². The van der Waals surface area contributed by atoms with Gasteiger partial charge in [-0.25, -0.2) is 4.79 Å². The maximum absolute atomic E-state index is 10.2. The van der Waals surface area contributed by atoms with Gasteiger partial charge in [0.05, 0.1) is 0 Å². The molecule has 6 nitrogen and oxygen atoms in total. The third kappa shape index (κ3) is 5.14. The van der Waals surface area contributed by atoms with E-state index in [9.17, 15) is 9.59 Å². The SMILES string of the molecule is O=C(O)C1CCCN1.O=C(O)[C@@H]1CCCCO1. The number of hydrogen-bond acceptors (Lipinski definition) is 4. The standard InChI is InChI=1S/C6H10O3.C5H9NO2/c7-6(8)5-3-1-2-4-9-5;7-5(8)4-2-1-3-6-4/h5H,1-4H2,(H,7,8);4,6H,1-3H2,(H,7,8)/t5-;/m0./s1. The molecule has 2 fully saturated rings. The minimum absolute atomic E-state index is 0.269. The Balaban J connectivity index is 0.000000171. The van der Waals surface area contributed by atoms with Crippen LogP contribution in [-0.2, 0) is 14.3 Å². The molecule has 0 saturated carbocycles. The number of carboxylic acids is 2. The van der Waals surface area contributed by atoms with E-state index < -0.39 is 18.0 Å². The minimum Gasteiger partial charge on any atom is -0.480 e. The molecule has 0 amide bonds. The third-order valence-electron chi connectivity index (χ3n) is 2.81. The highest BCUT2D eigenvalue weighted by Gasteiger charge is 2.20. The van der Waals surface area contributed by atoms with Crippen LogP contribution in [-0.4, -0.2) is 47.4 Å². The lowest BCUT2D eigenvalue weighted by Crippen LogP contribution is -2.29. The Morgan fingerprint density at radius 1 is 1.06 bits per heavy atom. The molecule has 2 saturated heterocycles. The topological polar surface area (TPSA) is 95.9 Å². The number of hydrogen-bond donors (Lipinski definition) is 3. The van der Waals surface area contributed by atoms with Crippen LogP contribution in [0.3, 0.4) is 0 Å². The van der Waals surface area contributed by atoms with Gasteiger partial charge in [0.25, 0.3) is 0 Å². The fraction of sp³-hybridized carbons (Fsp3) is 0.818. The third-order valence-corrected chi connectivity index (χ3v) is 2.81. The van der Waals surface area contributed by atoms with Crippen LogP contribution in [0.4, 0.5) is 0 Å². The van der Waals surface area contributed by atoms with Gasteiger partial charge in [-0.1, -0.05) is 0 Å². The fourth-order valence-electron chi connectivity index (χ4n) is 1.83. The van der Waals surface area contributed by atoms with Gasteiger partial charge in [-0.3, -0.25) is 4.79 Å². The number of rotatable bonds is 2. The molecule has 0 aromatic heterocycles. The summed E-state index contributed by atoms with van der Waals surface area (Å²) in [5.41, 5.74) is 0. The van der Waals surface area contributed by atoms with E-state index in [-0.39, 0.29) is 6.04 Å². The molecular weight excluding hydrogens is 226 g/mol. The van der Waals surface area contributed by atoms with Gasteiger partial charge in [-0.15, -0.1) is 0 Å². The van der Waals surface area contributed by atoms with Crippen molar-refractivity contribution in [3.8, 4) is 0 Å². The molecule has 0 radical (unpaired) electrons. The first-order chi connectivity index (χ1) is 8.11. The molecule has 6 heteroatoms. The molecule has 1 unspecified atom stereocenters. The molecule has 0 aliphatic carbocycles. The van der Waals surface area contributed by atoms with Crippen LogP contribution in [0.5, 0.6) is 0 Å². The number of nitrogens with one attached hydrogen (secondary N) is 1. The molecule has 0 spiro atoms. The van der Waals surface area contributed by atoms with Gasteiger partial charge in [0.15, 0.2) is 6.10 Å². The summed E-state index contributed by atoms with van der Waals surface area (Å²) in [4.78, 5) is 20.4. The zero-order valence-corrected chi connectivity index (χ0v) is 9.72. The molecule has 0 aromatic carbocycles. The predicted molar refractivity (Wildman–Crippen MR) is 59.9 cm³/mol. The van der Waals surface area contributed by atoms with Crippen LogP contribution < -0.4 is 5.32 Å². The second kappa shape index (κ2) is 7.24. The predicted octanol–water partition coefficient (Wildman–Crippen LogP) is 0.463. The monoisotopic (exact) mass is 245 g/mol. The van der Waals surface area contributed by atoms with Crippen LogP contribution in [0.15, 0.2) is 0 Å². The van der Waals surface area contributed by atoms with Gasteiger partial charge >= 0.3 is 11.9 Å². The fourth-order valence-corrected chi connectivity index (χ4v) is 1.83. The Bertz CT molecular complexity index is 257. The molecule has 2 atom stereocenters. The second-order valence-electron chi connectivity index (χ2n) is 4.18. The lowest BCUT2D eigenvalue weighted by atomic mass is 10.1. The van der Waals surface area contributed by atoms with Crippen LogP contribution >= 0.6 is 0 Å². The van der Waals surface area contributed by atoms with E-state index in [4.69, 9.17) is 14.9 Å². The van der Waals surface area contributed by atoms with Crippen molar-refractivity contribution in [2.24, 2.45) is 0 Å². The van der Waals surface area contributed by atoms with E-state index in [2.05, 4.69) is 5.32 Å². The summed E-state index contributed by atoms with van der Waals surface area (Å²) in [5.74, 6) is -1.54. The van der Waals surface area contributed by atoms with Crippen LogP contribution in [0.2, 0.25) is 0 Å². The van der Waals surface area contributed by atoms with Gasteiger partial charge in [0.1, 0.15) is 6.04 Å². The van der Waals surface area contributed by atoms with E-state index in [1.165, 1.54) is 0 Å². The van der Waals surface area contributed by atoms with Crippen molar-refractivity contribution in [3.05, 3.63) is 0 Å². The summed E-state index contributed by atoms with van der Waals surface area (Å²) in [6.45, 7) is 1.47. The van der Waals surface area contributed by atoms with Crippen molar-refractivity contribution >= 4 is 11.9 Å². The average molecular weight is 245 g/mol. The highest BCUT2D eigenvalue weighted by Crippen LogP contribution is 2.11. The number of carbonyl (C=O) groups is 2. The van der Waals surface area contributed by atoms with Crippen LogP contribution in [0, 0.1) is 0 Å². The summed E-state index contributed by atoms with van der Waals surface area (Å²) in [7, 11) is 0. The smallest absolute Gasteiger partial charge is 0.332 e. The lowest BCUT2D eigenvalue weighted by Gasteiger charge is -2.17. The molecule has 17 heavy (non-hydrogen) atoms.